The number of fused-ring (bicyclic) bond motifs is 5. The van der Waals surface area contributed by atoms with Crippen LogP contribution in [0.5, 0.6) is 0 Å². The minimum atomic E-state index is -1.15. The van der Waals surface area contributed by atoms with Crippen LogP contribution in [-0.4, -0.2) is 51.3 Å². The molecule has 0 spiro atoms. The van der Waals surface area contributed by atoms with Gasteiger partial charge in [-0.3, -0.25) is 9.59 Å². The third-order valence-corrected chi connectivity index (χ3v) is 7.90. The quantitative estimate of drug-likeness (QED) is 0.438. The lowest BCUT2D eigenvalue weighted by Gasteiger charge is -2.36. The van der Waals surface area contributed by atoms with E-state index in [0.717, 1.165) is 35.0 Å². The zero-order valence-electron chi connectivity index (χ0n) is 22.1. The Kier molecular flexibility index (Phi) is 6.56. The Hall–Kier alpha value is -3.61. The van der Waals surface area contributed by atoms with Crippen molar-refractivity contribution in [3.8, 4) is 0 Å². The summed E-state index contributed by atoms with van der Waals surface area (Å²) in [5, 5.41) is 4.18. The van der Waals surface area contributed by atoms with Crippen LogP contribution >= 0.6 is 0 Å². The van der Waals surface area contributed by atoms with E-state index in [0.29, 0.717) is 19.4 Å². The largest absolute Gasteiger partial charge is 0.356 e. The summed E-state index contributed by atoms with van der Waals surface area (Å²) in [5.74, 6) is -0.468. The van der Waals surface area contributed by atoms with Crippen LogP contribution in [0.2, 0.25) is 0 Å². The molecule has 3 atom stereocenters. The van der Waals surface area contributed by atoms with Crippen molar-refractivity contribution in [1.29, 1.82) is 0 Å². The van der Waals surface area contributed by atoms with E-state index in [2.05, 4.69) is 28.5 Å². The van der Waals surface area contributed by atoms with E-state index in [9.17, 15) is 14.4 Å². The Balaban J connectivity index is 1.40. The number of H-pyrrole nitrogens is 1. The predicted octanol–water partition coefficient (Wildman–Crippen LogP) is 4.76. The molecule has 194 valence electrons. The summed E-state index contributed by atoms with van der Waals surface area (Å²) in [5.41, 5.74) is 2.86. The molecule has 2 aliphatic heterocycles. The van der Waals surface area contributed by atoms with Gasteiger partial charge in [0.25, 0.3) is 5.91 Å². The number of carbonyl (C=O) groups excluding carboxylic acids is 3. The number of aromatic nitrogens is 1. The van der Waals surface area contributed by atoms with E-state index < -0.39 is 11.6 Å². The normalized spacial score (nSPS) is 20.8. The standard InChI is InChI=1S/C30H36N4O3/c1-19(2)18-25(27(35)31-20(3)14-15-21-10-6-5-7-11-21)34-28(36)30(4)26-23(16-17-33(30)29(34)37)22-12-8-9-13-24(22)32-26/h5-13,19-20,25,32H,14-18H2,1-4H3,(H,31,35)/t20?,25-,30-/m0/s1. The Morgan fingerprint density at radius 3 is 2.49 bits per heavy atom. The second-order valence-electron chi connectivity index (χ2n) is 11.0. The van der Waals surface area contributed by atoms with Gasteiger partial charge in [-0.25, -0.2) is 9.69 Å². The van der Waals surface area contributed by atoms with Crippen LogP contribution in [0.25, 0.3) is 10.9 Å². The summed E-state index contributed by atoms with van der Waals surface area (Å²) in [4.78, 5) is 47.7. The highest BCUT2D eigenvalue weighted by atomic mass is 16.2. The molecule has 1 unspecified atom stereocenters. The van der Waals surface area contributed by atoms with Crippen LogP contribution in [0, 0.1) is 5.92 Å². The van der Waals surface area contributed by atoms with E-state index in [1.165, 1.54) is 10.5 Å². The molecule has 0 aliphatic carbocycles. The molecular weight excluding hydrogens is 464 g/mol. The highest BCUT2D eigenvalue weighted by Gasteiger charge is 2.60. The van der Waals surface area contributed by atoms with E-state index in [4.69, 9.17) is 0 Å². The van der Waals surface area contributed by atoms with Gasteiger partial charge in [0.1, 0.15) is 6.04 Å². The summed E-state index contributed by atoms with van der Waals surface area (Å²) in [6, 6.07) is 16.8. The molecule has 3 aromatic rings. The Morgan fingerprint density at radius 2 is 1.76 bits per heavy atom. The number of urea groups is 1. The number of nitrogens with zero attached hydrogens (tertiary/aromatic N) is 2. The van der Waals surface area contributed by atoms with Gasteiger partial charge in [0.2, 0.25) is 5.91 Å². The second kappa shape index (κ2) is 9.69. The lowest BCUT2D eigenvalue weighted by atomic mass is 9.86. The van der Waals surface area contributed by atoms with Crippen LogP contribution in [0.1, 0.15) is 57.4 Å². The number of nitrogens with one attached hydrogen (secondary N) is 2. The zero-order chi connectivity index (χ0) is 26.3. The highest BCUT2D eigenvalue weighted by Crippen LogP contribution is 2.45. The van der Waals surface area contributed by atoms with Gasteiger partial charge in [-0.1, -0.05) is 62.4 Å². The molecule has 0 radical (unpaired) electrons. The molecule has 2 aromatic carbocycles. The number of amides is 4. The SMILES string of the molecule is CC(C)C[C@@H](C(=O)NC(C)CCc1ccccc1)N1C(=O)N2CCc3c([nH]c4ccccc34)[C@@]2(C)C1=O. The number of rotatable bonds is 8. The second-order valence-corrected chi connectivity index (χ2v) is 11.0. The van der Waals surface area contributed by atoms with Crippen molar-refractivity contribution >= 4 is 28.7 Å². The summed E-state index contributed by atoms with van der Waals surface area (Å²) < 4.78 is 0. The monoisotopic (exact) mass is 500 g/mol. The number of imide groups is 1. The number of aromatic amines is 1. The molecular formula is C30H36N4O3. The zero-order valence-corrected chi connectivity index (χ0v) is 22.1. The molecule has 2 aliphatic rings. The molecule has 1 fully saturated rings. The van der Waals surface area contributed by atoms with Gasteiger partial charge in [0.15, 0.2) is 5.54 Å². The Morgan fingerprint density at radius 1 is 1.05 bits per heavy atom. The molecule has 7 heteroatoms. The molecule has 3 heterocycles. The number of hydrogen-bond acceptors (Lipinski definition) is 3. The third-order valence-electron chi connectivity index (χ3n) is 7.90. The van der Waals surface area contributed by atoms with Crippen molar-refractivity contribution in [2.45, 2.75) is 71.0 Å². The fourth-order valence-corrected chi connectivity index (χ4v) is 5.91. The summed E-state index contributed by atoms with van der Waals surface area (Å²) >= 11 is 0. The van der Waals surface area contributed by atoms with Gasteiger partial charge in [0, 0.05) is 23.5 Å². The number of hydrogen-bond donors (Lipinski definition) is 2. The maximum atomic E-state index is 14.1. The topological polar surface area (TPSA) is 85.5 Å². The van der Waals surface area contributed by atoms with Gasteiger partial charge in [-0.05, 0) is 62.6 Å². The van der Waals surface area contributed by atoms with Crippen LogP contribution < -0.4 is 5.32 Å². The van der Waals surface area contributed by atoms with Crippen LogP contribution in [-0.2, 0) is 28.0 Å². The number of aryl methyl sites for hydroxylation is 1. The first kappa shape index (κ1) is 25.1. The molecule has 37 heavy (non-hydrogen) atoms. The average Bonchev–Trinajstić information content (AvgIpc) is 3.35. The molecule has 0 bridgehead atoms. The van der Waals surface area contributed by atoms with E-state index in [1.54, 1.807) is 4.90 Å². The molecule has 0 saturated carbocycles. The molecule has 4 amide bonds. The smallest absolute Gasteiger partial charge is 0.328 e. The summed E-state index contributed by atoms with van der Waals surface area (Å²) in [6.07, 6.45) is 2.69. The number of carbonyl (C=O) groups is 3. The Bertz CT molecular complexity index is 1330. The molecule has 5 rings (SSSR count). The van der Waals surface area contributed by atoms with Gasteiger partial charge in [-0.2, -0.15) is 0 Å². The maximum Gasteiger partial charge on any atom is 0.328 e. The Labute approximate surface area is 218 Å². The highest BCUT2D eigenvalue weighted by molar-refractivity contribution is 6.11. The van der Waals surface area contributed by atoms with Crippen molar-refractivity contribution in [3.63, 3.8) is 0 Å². The third kappa shape index (κ3) is 4.30. The average molecular weight is 501 g/mol. The fourth-order valence-electron chi connectivity index (χ4n) is 5.91. The van der Waals surface area contributed by atoms with Gasteiger partial charge in [0.05, 0.1) is 5.69 Å². The van der Waals surface area contributed by atoms with Crippen molar-refractivity contribution in [3.05, 3.63) is 71.4 Å². The number of benzene rings is 2. The summed E-state index contributed by atoms with van der Waals surface area (Å²) in [6.45, 7) is 8.25. The number of para-hydroxylation sites is 1. The first-order valence-electron chi connectivity index (χ1n) is 13.3. The predicted molar refractivity (Wildman–Crippen MR) is 144 cm³/mol. The van der Waals surface area contributed by atoms with Gasteiger partial charge >= 0.3 is 6.03 Å². The minimum Gasteiger partial charge on any atom is -0.356 e. The van der Waals surface area contributed by atoms with Gasteiger partial charge in [-0.15, -0.1) is 0 Å². The molecule has 2 N–H and O–H groups in total. The van der Waals surface area contributed by atoms with E-state index in [-0.39, 0.29) is 29.8 Å². The fraction of sp³-hybridized carbons (Fsp3) is 0.433. The minimum absolute atomic E-state index is 0.0892. The van der Waals surface area contributed by atoms with Crippen LogP contribution in [0.4, 0.5) is 4.79 Å². The van der Waals surface area contributed by atoms with Crippen LogP contribution in [0.15, 0.2) is 54.6 Å². The van der Waals surface area contributed by atoms with Gasteiger partial charge < -0.3 is 15.2 Å². The molecule has 7 nitrogen and oxygen atoms in total. The van der Waals surface area contributed by atoms with Crippen LogP contribution in [0.3, 0.4) is 0 Å². The van der Waals surface area contributed by atoms with Crippen molar-refractivity contribution in [2.75, 3.05) is 6.54 Å². The maximum absolute atomic E-state index is 14.1. The molecule has 1 saturated heterocycles. The first-order chi connectivity index (χ1) is 17.7. The van der Waals surface area contributed by atoms with E-state index >= 15 is 0 Å². The van der Waals surface area contributed by atoms with E-state index in [1.807, 2.05) is 64.1 Å². The van der Waals surface area contributed by atoms with Crippen molar-refractivity contribution in [1.82, 2.24) is 20.1 Å². The molecule has 1 aromatic heterocycles. The summed E-state index contributed by atoms with van der Waals surface area (Å²) in [7, 11) is 0. The van der Waals surface area contributed by atoms with Crippen molar-refractivity contribution < 1.29 is 14.4 Å². The lowest BCUT2D eigenvalue weighted by molar-refractivity contribution is -0.140. The first-order valence-corrected chi connectivity index (χ1v) is 13.3. The van der Waals surface area contributed by atoms with Crippen molar-refractivity contribution in [2.24, 2.45) is 5.92 Å². The lowest BCUT2D eigenvalue weighted by Crippen LogP contribution is -2.53.